The van der Waals surface area contributed by atoms with Gasteiger partial charge in [-0.15, -0.1) is 0 Å². The Bertz CT molecular complexity index is 378. The molecule has 0 aliphatic rings. The third-order valence-electron chi connectivity index (χ3n) is 2.37. The molecule has 1 aromatic rings. The Balaban J connectivity index is 2.86. The van der Waals surface area contributed by atoms with Crippen LogP contribution in [0.25, 0.3) is 0 Å². The van der Waals surface area contributed by atoms with Crippen LogP contribution in [0.4, 0.5) is 5.69 Å². The topological polar surface area (TPSA) is 70.5 Å². The van der Waals surface area contributed by atoms with Crippen LogP contribution >= 0.6 is 0 Å². The van der Waals surface area contributed by atoms with E-state index in [2.05, 4.69) is 4.98 Å². The Labute approximate surface area is 93.7 Å². The summed E-state index contributed by atoms with van der Waals surface area (Å²) in [5.41, 5.74) is 0.590. The van der Waals surface area contributed by atoms with Gasteiger partial charge in [0.25, 0.3) is 0 Å². The molecule has 1 amide bonds. The summed E-state index contributed by atoms with van der Waals surface area (Å²) < 4.78 is 0. The summed E-state index contributed by atoms with van der Waals surface area (Å²) in [7, 11) is 1.55. The molecule has 86 valence electrons. The first-order valence-electron chi connectivity index (χ1n) is 4.98. The highest BCUT2D eigenvalue weighted by atomic mass is 16.4. The van der Waals surface area contributed by atoms with E-state index in [1.807, 2.05) is 0 Å². The molecule has 0 saturated carbocycles. The molecule has 1 atom stereocenters. The monoisotopic (exact) mass is 222 g/mol. The van der Waals surface area contributed by atoms with Gasteiger partial charge in [-0.25, -0.2) is 0 Å². The van der Waals surface area contributed by atoms with Crippen molar-refractivity contribution >= 4 is 17.6 Å². The minimum atomic E-state index is -1.09. The molecule has 16 heavy (non-hydrogen) atoms. The number of pyridine rings is 1. The second kappa shape index (κ2) is 5.25. The fourth-order valence-electron chi connectivity index (χ4n) is 1.37. The van der Waals surface area contributed by atoms with Crippen LogP contribution in [0.15, 0.2) is 24.5 Å². The summed E-state index contributed by atoms with van der Waals surface area (Å²) >= 11 is 0. The Morgan fingerprint density at radius 1 is 1.56 bits per heavy atom. The zero-order chi connectivity index (χ0) is 12.1. The number of carboxylic acid groups (broad SMARTS) is 1. The standard InChI is InChI=1S/C11H14N2O3/c1-3-9(11(15)16)10(14)13(2)8-5-4-6-12-7-8/h4-7,9H,3H2,1-2H3,(H,15,16). The number of carbonyl (C=O) groups excluding carboxylic acids is 1. The maximum absolute atomic E-state index is 11.8. The van der Waals surface area contributed by atoms with E-state index in [1.54, 1.807) is 32.3 Å². The Morgan fingerprint density at radius 2 is 2.25 bits per heavy atom. The summed E-state index contributed by atoms with van der Waals surface area (Å²) in [4.78, 5) is 27.9. The third-order valence-corrected chi connectivity index (χ3v) is 2.37. The van der Waals surface area contributed by atoms with E-state index in [0.29, 0.717) is 5.69 Å². The van der Waals surface area contributed by atoms with Crippen molar-refractivity contribution in [3.05, 3.63) is 24.5 Å². The summed E-state index contributed by atoms with van der Waals surface area (Å²) in [6, 6.07) is 3.40. The average molecular weight is 222 g/mol. The Hall–Kier alpha value is -1.91. The molecule has 0 aliphatic heterocycles. The van der Waals surface area contributed by atoms with E-state index in [1.165, 1.54) is 11.1 Å². The molecular formula is C11H14N2O3. The van der Waals surface area contributed by atoms with Crippen molar-refractivity contribution in [2.45, 2.75) is 13.3 Å². The summed E-state index contributed by atoms with van der Waals surface area (Å²) in [5, 5.41) is 8.88. The number of rotatable bonds is 4. The normalized spacial score (nSPS) is 11.9. The molecule has 5 heteroatoms. The van der Waals surface area contributed by atoms with Gasteiger partial charge in [0.15, 0.2) is 0 Å². The predicted octanol–water partition coefficient (Wildman–Crippen LogP) is 1.16. The molecule has 0 fully saturated rings. The zero-order valence-electron chi connectivity index (χ0n) is 9.25. The Kier molecular flexibility index (Phi) is 3.99. The SMILES string of the molecule is CCC(C(=O)O)C(=O)N(C)c1cccnc1. The van der Waals surface area contributed by atoms with Crippen LogP contribution in [-0.4, -0.2) is 29.0 Å². The Morgan fingerprint density at radius 3 is 2.69 bits per heavy atom. The largest absolute Gasteiger partial charge is 0.481 e. The first-order valence-corrected chi connectivity index (χ1v) is 4.98. The van der Waals surface area contributed by atoms with Crippen molar-refractivity contribution < 1.29 is 14.7 Å². The quantitative estimate of drug-likeness (QED) is 0.776. The molecule has 5 nitrogen and oxygen atoms in total. The maximum Gasteiger partial charge on any atom is 0.316 e. The number of carboxylic acids is 1. The number of hydrogen-bond donors (Lipinski definition) is 1. The number of amides is 1. The number of aliphatic carboxylic acids is 1. The molecule has 1 heterocycles. The summed E-state index contributed by atoms with van der Waals surface area (Å²) in [6.07, 6.45) is 3.39. The first-order chi connectivity index (χ1) is 7.57. The minimum Gasteiger partial charge on any atom is -0.481 e. The lowest BCUT2D eigenvalue weighted by atomic mass is 10.1. The van der Waals surface area contributed by atoms with Crippen LogP contribution in [-0.2, 0) is 9.59 Å². The highest BCUT2D eigenvalue weighted by Gasteiger charge is 2.27. The molecule has 1 aromatic heterocycles. The fourth-order valence-corrected chi connectivity index (χ4v) is 1.37. The van der Waals surface area contributed by atoms with Crippen LogP contribution in [0.2, 0.25) is 0 Å². The van der Waals surface area contributed by atoms with Gasteiger partial charge in [0.2, 0.25) is 5.91 Å². The molecular weight excluding hydrogens is 208 g/mol. The molecule has 1 N–H and O–H groups in total. The highest BCUT2D eigenvalue weighted by molar-refractivity contribution is 6.05. The molecule has 0 aromatic carbocycles. The third kappa shape index (κ3) is 2.56. The number of aromatic nitrogens is 1. The van der Waals surface area contributed by atoms with Gasteiger partial charge in [-0.1, -0.05) is 6.92 Å². The zero-order valence-corrected chi connectivity index (χ0v) is 9.25. The van der Waals surface area contributed by atoms with Gasteiger partial charge in [-0.3, -0.25) is 14.6 Å². The molecule has 0 aliphatic carbocycles. The van der Waals surface area contributed by atoms with Crippen LogP contribution in [0.3, 0.4) is 0 Å². The van der Waals surface area contributed by atoms with E-state index >= 15 is 0 Å². The van der Waals surface area contributed by atoms with Crippen LogP contribution in [0.5, 0.6) is 0 Å². The van der Waals surface area contributed by atoms with E-state index in [0.717, 1.165) is 0 Å². The molecule has 0 saturated heterocycles. The second-order valence-corrected chi connectivity index (χ2v) is 3.41. The molecule has 0 bridgehead atoms. The van der Waals surface area contributed by atoms with Crippen molar-refractivity contribution in [3.8, 4) is 0 Å². The van der Waals surface area contributed by atoms with Gasteiger partial charge in [-0.2, -0.15) is 0 Å². The number of hydrogen-bond acceptors (Lipinski definition) is 3. The lowest BCUT2D eigenvalue weighted by Crippen LogP contribution is -2.36. The van der Waals surface area contributed by atoms with Crippen LogP contribution in [0.1, 0.15) is 13.3 Å². The average Bonchev–Trinajstić information content (AvgIpc) is 2.29. The maximum atomic E-state index is 11.8. The van der Waals surface area contributed by atoms with E-state index < -0.39 is 17.8 Å². The van der Waals surface area contributed by atoms with Crippen molar-refractivity contribution in [1.29, 1.82) is 0 Å². The highest BCUT2D eigenvalue weighted by Crippen LogP contribution is 2.15. The van der Waals surface area contributed by atoms with Crippen molar-refractivity contribution in [2.75, 3.05) is 11.9 Å². The second-order valence-electron chi connectivity index (χ2n) is 3.41. The number of carbonyl (C=O) groups is 2. The minimum absolute atomic E-state index is 0.277. The van der Waals surface area contributed by atoms with Gasteiger partial charge in [0.1, 0.15) is 5.92 Å². The van der Waals surface area contributed by atoms with Gasteiger partial charge in [-0.05, 0) is 18.6 Å². The van der Waals surface area contributed by atoms with Crippen LogP contribution in [0, 0.1) is 5.92 Å². The van der Waals surface area contributed by atoms with Crippen molar-refractivity contribution in [2.24, 2.45) is 5.92 Å². The van der Waals surface area contributed by atoms with Crippen LogP contribution < -0.4 is 4.90 Å². The van der Waals surface area contributed by atoms with E-state index in [-0.39, 0.29) is 6.42 Å². The van der Waals surface area contributed by atoms with Crippen molar-refractivity contribution in [3.63, 3.8) is 0 Å². The van der Waals surface area contributed by atoms with Gasteiger partial charge in [0, 0.05) is 13.2 Å². The lowest BCUT2D eigenvalue weighted by Gasteiger charge is -2.20. The molecule has 0 spiro atoms. The number of anilines is 1. The fraction of sp³-hybridized carbons (Fsp3) is 0.364. The van der Waals surface area contributed by atoms with Gasteiger partial charge in [0.05, 0.1) is 11.9 Å². The first kappa shape index (κ1) is 12.2. The predicted molar refractivity (Wildman–Crippen MR) is 59.1 cm³/mol. The lowest BCUT2D eigenvalue weighted by molar-refractivity contribution is -0.146. The summed E-state index contributed by atoms with van der Waals surface area (Å²) in [6.45, 7) is 1.67. The van der Waals surface area contributed by atoms with Gasteiger partial charge >= 0.3 is 5.97 Å². The van der Waals surface area contributed by atoms with E-state index in [9.17, 15) is 9.59 Å². The summed E-state index contributed by atoms with van der Waals surface area (Å²) in [5.74, 6) is -2.52. The van der Waals surface area contributed by atoms with Gasteiger partial charge < -0.3 is 10.0 Å². The number of nitrogens with zero attached hydrogens (tertiary/aromatic N) is 2. The van der Waals surface area contributed by atoms with Crippen molar-refractivity contribution in [1.82, 2.24) is 4.98 Å². The molecule has 0 radical (unpaired) electrons. The molecule has 1 unspecified atom stereocenters. The molecule has 1 rings (SSSR count). The smallest absolute Gasteiger partial charge is 0.316 e. The van der Waals surface area contributed by atoms with E-state index in [4.69, 9.17) is 5.11 Å².